The maximum atomic E-state index is 12.2. The molecule has 1 aromatic carbocycles. The molecule has 0 aliphatic carbocycles. The van der Waals surface area contributed by atoms with Crippen LogP contribution in [-0.4, -0.2) is 59.7 Å². The van der Waals surface area contributed by atoms with Gasteiger partial charge < -0.3 is 4.74 Å². The number of hydrogen-bond donors (Lipinski definition) is 1. The van der Waals surface area contributed by atoms with Crippen molar-refractivity contribution < 1.29 is 21.6 Å². The Hall–Kier alpha value is -0.710. The maximum absolute atomic E-state index is 12.2. The Bertz CT molecular complexity index is 761. The van der Waals surface area contributed by atoms with E-state index in [2.05, 4.69) is 4.72 Å². The quantitative estimate of drug-likeness (QED) is 0.709. The van der Waals surface area contributed by atoms with Crippen LogP contribution < -0.4 is 4.72 Å². The van der Waals surface area contributed by atoms with E-state index in [9.17, 15) is 16.8 Å². The van der Waals surface area contributed by atoms with Crippen molar-refractivity contribution in [3.63, 3.8) is 0 Å². The summed E-state index contributed by atoms with van der Waals surface area (Å²) >= 11 is 5.89. The van der Waals surface area contributed by atoms with Crippen molar-refractivity contribution >= 4 is 31.6 Å². The summed E-state index contributed by atoms with van der Waals surface area (Å²) in [6.07, 6.45) is 2.67. The molecule has 0 aromatic heterocycles. The molecule has 7 nitrogen and oxygen atoms in total. The molecule has 1 fully saturated rings. The third kappa shape index (κ3) is 5.40. The van der Waals surface area contributed by atoms with Crippen LogP contribution in [0.25, 0.3) is 0 Å². The molecule has 0 spiro atoms. The molecule has 1 aromatic rings. The van der Waals surface area contributed by atoms with Gasteiger partial charge in [-0.3, -0.25) is 0 Å². The van der Waals surface area contributed by atoms with E-state index in [1.807, 2.05) is 0 Å². The Morgan fingerprint density at radius 3 is 2.58 bits per heavy atom. The molecule has 1 atom stereocenters. The van der Waals surface area contributed by atoms with Crippen LogP contribution in [0, 0.1) is 0 Å². The summed E-state index contributed by atoms with van der Waals surface area (Å²) in [4.78, 5) is -0.0308. The standard InChI is InChI=1S/C14H21ClN2O5S2/c1-23(18,19)17(11-12-5-4-10-22-12)9-8-16-24(20,21)14-7-3-2-6-13(14)15/h2-3,6-7,12,16H,4-5,8-11H2,1H3. The normalized spacial score (nSPS) is 19.0. The van der Waals surface area contributed by atoms with Gasteiger partial charge in [-0.05, 0) is 25.0 Å². The van der Waals surface area contributed by atoms with Crippen molar-refractivity contribution in [2.75, 3.05) is 32.5 Å². The number of nitrogens with zero attached hydrogens (tertiary/aromatic N) is 1. The second-order valence-corrected chi connectivity index (χ2v) is 9.71. The van der Waals surface area contributed by atoms with Crippen LogP contribution in [0.2, 0.25) is 5.02 Å². The van der Waals surface area contributed by atoms with Crippen LogP contribution in [0.1, 0.15) is 12.8 Å². The van der Waals surface area contributed by atoms with Crippen LogP contribution in [0.3, 0.4) is 0 Å². The van der Waals surface area contributed by atoms with Gasteiger partial charge in [0.2, 0.25) is 20.0 Å². The zero-order chi connectivity index (χ0) is 17.8. The van der Waals surface area contributed by atoms with Gasteiger partial charge >= 0.3 is 0 Å². The summed E-state index contributed by atoms with van der Waals surface area (Å²) < 4.78 is 57.3. The number of hydrogen-bond acceptors (Lipinski definition) is 5. The summed E-state index contributed by atoms with van der Waals surface area (Å²) in [5, 5.41) is 0.115. The molecule has 0 saturated carbocycles. The molecule has 2 rings (SSSR count). The molecule has 0 bridgehead atoms. The number of sulfonamides is 2. The minimum atomic E-state index is -3.79. The first kappa shape index (κ1) is 19.6. The Balaban J connectivity index is 1.98. The summed E-state index contributed by atoms with van der Waals surface area (Å²) in [5.74, 6) is 0. The third-order valence-corrected chi connectivity index (χ3v) is 6.91. The number of benzene rings is 1. The average molecular weight is 397 g/mol. The monoisotopic (exact) mass is 396 g/mol. The minimum absolute atomic E-state index is 0.0301. The third-order valence-electron chi connectivity index (χ3n) is 3.68. The Kier molecular flexibility index (Phi) is 6.63. The van der Waals surface area contributed by atoms with Gasteiger partial charge in [0.15, 0.2) is 0 Å². The Morgan fingerprint density at radius 2 is 2.00 bits per heavy atom. The summed E-state index contributed by atoms with van der Waals surface area (Å²) in [5.41, 5.74) is 0. The Morgan fingerprint density at radius 1 is 1.29 bits per heavy atom. The van der Waals surface area contributed by atoms with Gasteiger partial charge in [0.25, 0.3) is 0 Å². The lowest BCUT2D eigenvalue weighted by molar-refractivity contribution is 0.0943. The van der Waals surface area contributed by atoms with Crippen molar-refractivity contribution in [3.8, 4) is 0 Å². The molecule has 0 radical (unpaired) electrons. The van der Waals surface area contributed by atoms with E-state index < -0.39 is 20.0 Å². The van der Waals surface area contributed by atoms with Crippen LogP contribution in [0.5, 0.6) is 0 Å². The molecule has 1 aliphatic rings. The number of rotatable bonds is 8. The van der Waals surface area contributed by atoms with Gasteiger partial charge in [-0.25, -0.2) is 21.6 Å². The zero-order valence-electron chi connectivity index (χ0n) is 13.3. The van der Waals surface area contributed by atoms with Gasteiger partial charge in [-0.15, -0.1) is 0 Å². The Labute approximate surface area is 148 Å². The molecule has 10 heteroatoms. The number of ether oxygens (including phenoxy) is 1. The number of nitrogens with one attached hydrogen (secondary N) is 1. The van der Waals surface area contributed by atoms with Crippen LogP contribution >= 0.6 is 11.6 Å². The first-order valence-electron chi connectivity index (χ1n) is 7.51. The molecule has 1 aliphatic heterocycles. The minimum Gasteiger partial charge on any atom is -0.377 e. The highest BCUT2D eigenvalue weighted by Gasteiger charge is 2.25. The van der Waals surface area contributed by atoms with E-state index in [1.54, 1.807) is 12.1 Å². The predicted molar refractivity (Wildman–Crippen MR) is 92.0 cm³/mol. The first-order valence-corrected chi connectivity index (χ1v) is 11.2. The van der Waals surface area contributed by atoms with Crippen LogP contribution in [0.15, 0.2) is 29.2 Å². The van der Waals surface area contributed by atoms with E-state index in [-0.39, 0.29) is 35.7 Å². The highest BCUT2D eigenvalue weighted by atomic mass is 35.5. The van der Waals surface area contributed by atoms with Crippen molar-refractivity contribution in [3.05, 3.63) is 29.3 Å². The lowest BCUT2D eigenvalue weighted by atomic mass is 10.2. The summed E-state index contributed by atoms with van der Waals surface area (Å²) in [7, 11) is -7.24. The van der Waals surface area contributed by atoms with Crippen molar-refractivity contribution in [2.24, 2.45) is 0 Å². The molecule has 1 heterocycles. The largest absolute Gasteiger partial charge is 0.377 e. The molecular formula is C14H21ClN2O5S2. The van der Waals surface area contributed by atoms with E-state index in [0.717, 1.165) is 19.1 Å². The summed E-state index contributed by atoms with van der Waals surface area (Å²) in [6.45, 7) is 0.837. The van der Waals surface area contributed by atoms with Crippen molar-refractivity contribution in [1.82, 2.24) is 9.03 Å². The summed E-state index contributed by atoms with van der Waals surface area (Å²) in [6, 6.07) is 6.08. The molecule has 24 heavy (non-hydrogen) atoms. The van der Waals surface area contributed by atoms with Crippen LogP contribution in [-0.2, 0) is 24.8 Å². The first-order chi connectivity index (χ1) is 11.2. The molecule has 1 unspecified atom stereocenters. The van der Waals surface area contributed by atoms with E-state index in [4.69, 9.17) is 16.3 Å². The molecule has 1 saturated heterocycles. The lowest BCUT2D eigenvalue weighted by Gasteiger charge is -2.23. The highest BCUT2D eigenvalue weighted by molar-refractivity contribution is 7.89. The van der Waals surface area contributed by atoms with Gasteiger partial charge in [-0.1, -0.05) is 23.7 Å². The fraction of sp³-hybridized carbons (Fsp3) is 0.571. The molecule has 0 amide bonds. The fourth-order valence-corrected chi connectivity index (χ4v) is 4.85. The van der Waals surface area contributed by atoms with Crippen molar-refractivity contribution in [2.45, 2.75) is 23.8 Å². The van der Waals surface area contributed by atoms with E-state index >= 15 is 0 Å². The maximum Gasteiger partial charge on any atom is 0.242 e. The zero-order valence-corrected chi connectivity index (χ0v) is 15.7. The SMILES string of the molecule is CS(=O)(=O)N(CCNS(=O)(=O)c1ccccc1Cl)CC1CCCO1. The van der Waals surface area contributed by atoms with E-state index in [1.165, 1.54) is 16.4 Å². The van der Waals surface area contributed by atoms with E-state index in [0.29, 0.717) is 6.61 Å². The molecule has 1 N–H and O–H groups in total. The predicted octanol–water partition coefficient (Wildman–Crippen LogP) is 1.06. The second kappa shape index (κ2) is 8.11. The average Bonchev–Trinajstić information content (AvgIpc) is 2.98. The van der Waals surface area contributed by atoms with Crippen LogP contribution in [0.4, 0.5) is 0 Å². The molecular weight excluding hydrogens is 376 g/mol. The van der Waals surface area contributed by atoms with Gasteiger partial charge in [0.05, 0.1) is 17.4 Å². The van der Waals surface area contributed by atoms with Gasteiger partial charge in [-0.2, -0.15) is 4.31 Å². The van der Waals surface area contributed by atoms with Gasteiger partial charge in [0, 0.05) is 26.2 Å². The topological polar surface area (TPSA) is 92.8 Å². The molecule has 136 valence electrons. The second-order valence-electron chi connectivity index (χ2n) is 5.58. The van der Waals surface area contributed by atoms with Gasteiger partial charge in [0.1, 0.15) is 4.90 Å². The number of halogens is 1. The highest BCUT2D eigenvalue weighted by Crippen LogP contribution is 2.20. The fourth-order valence-electron chi connectivity index (χ4n) is 2.45. The smallest absolute Gasteiger partial charge is 0.242 e. The lowest BCUT2D eigenvalue weighted by Crippen LogP contribution is -2.41. The van der Waals surface area contributed by atoms with Crippen molar-refractivity contribution in [1.29, 1.82) is 0 Å².